The highest BCUT2D eigenvalue weighted by molar-refractivity contribution is 6.30. The summed E-state index contributed by atoms with van der Waals surface area (Å²) in [5.41, 5.74) is 1.06. The summed E-state index contributed by atoms with van der Waals surface area (Å²) in [6.45, 7) is 7.17. The number of aliphatic hydroxyl groups is 1. The summed E-state index contributed by atoms with van der Waals surface area (Å²) < 4.78 is 11.2. The first kappa shape index (κ1) is 24.8. The summed E-state index contributed by atoms with van der Waals surface area (Å²) in [5, 5.41) is 12.1. The Morgan fingerprint density at radius 1 is 1.17 bits per heavy atom. The number of benzene rings is 2. The minimum Gasteiger partial charge on any atom is -0.503 e. The second-order valence-corrected chi connectivity index (χ2v) is 8.85. The molecule has 2 heterocycles. The van der Waals surface area contributed by atoms with Crippen LogP contribution >= 0.6 is 11.6 Å². The molecule has 7 nitrogen and oxygen atoms in total. The molecule has 0 saturated heterocycles. The van der Waals surface area contributed by atoms with E-state index < -0.39 is 23.5 Å². The number of ketones is 1. The Hall–Kier alpha value is -3.29. The van der Waals surface area contributed by atoms with Crippen LogP contribution in [-0.4, -0.2) is 59.9 Å². The maximum atomic E-state index is 13.7. The van der Waals surface area contributed by atoms with Crippen molar-refractivity contribution in [3.63, 3.8) is 0 Å². The standard InChI is InChI=1S/C27H29ClN2O5/c1-4-29(5-2)13-8-14-30-23(17-9-6-11-19(28)15-17)22(25(32)27(30)33)24(31)21-16-18-10-7-12-20(34-3)26(18)35-21/h6-7,9-12,15-16,23,32H,4-5,8,13-14H2,1-3H3/t23-/m0/s1. The number of carbonyl (C=O) groups excluding carboxylic acids is 2. The number of aliphatic hydroxyl groups excluding tert-OH is 1. The SMILES string of the molecule is CCN(CC)CCCN1C(=O)C(O)=C(C(=O)c2cc3cccc(OC)c3o2)[C@@H]1c1cccc(Cl)c1. The molecule has 1 atom stereocenters. The van der Waals surface area contributed by atoms with E-state index in [0.717, 1.165) is 19.6 Å². The molecular weight excluding hydrogens is 468 g/mol. The minimum absolute atomic E-state index is 0.0156. The molecule has 184 valence electrons. The number of hydrogen-bond acceptors (Lipinski definition) is 6. The van der Waals surface area contributed by atoms with Crippen molar-refractivity contribution < 1.29 is 23.8 Å². The molecule has 0 radical (unpaired) electrons. The highest BCUT2D eigenvalue weighted by atomic mass is 35.5. The predicted octanol–water partition coefficient (Wildman–Crippen LogP) is 5.41. The van der Waals surface area contributed by atoms with Crippen molar-refractivity contribution in [1.29, 1.82) is 0 Å². The lowest BCUT2D eigenvalue weighted by atomic mass is 9.95. The number of methoxy groups -OCH3 is 1. The van der Waals surface area contributed by atoms with Gasteiger partial charge in [-0.1, -0.05) is 49.7 Å². The normalized spacial score (nSPS) is 16.1. The predicted molar refractivity (Wildman–Crippen MR) is 135 cm³/mol. The van der Waals surface area contributed by atoms with Crippen LogP contribution < -0.4 is 4.74 Å². The molecule has 0 spiro atoms. The number of ether oxygens (including phenoxy) is 1. The van der Waals surface area contributed by atoms with Gasteiger partial charge in [0.15, 0.2) is 22.9 Å². The number of halogens is 1. The Kier molecular flexibility index (Phi) is 7.48. The zero-order chi connectivity index (χ0) is 25.1. The maximum absolute atomic E-state index is 13.7. The number of Topliss-reactive ketones (excluding diaryl/α,β-unsaturated/α-hetero) is 1. The van der Waals surface area contributed by atoms with Gasteiger partial charge in [-0.25, -0.2) is 0 Å². The lowest BCUT2D eigenvalue weighted by Gasteiger charge is -2.28. The average molecular weight is 497 g/mol. The van der Waals surface area contributed by atoms with Gasteiger partial charge in [-0.05, 0) is 55.9 Å². The van der Waals surface area contributed by atoms with Gasteiger partial charge in [0.2, 0.25) is 5.78 Å². The molecule has 0 unspecified atom stereocenters. The van der Waals surface area contributed by atoms with E-state index in [1.54, 1.807) is 53.4 Å². The Balaban J connectivity index is 1.72. The number of rotatable bonds is 10. The van der Waals surface area contributed by atoms with E-state index in [4.69, 9.17) is 20.8 Å². The summed E-state index contributed by atoms with van der Waals surface area (Å²) in [7, 11) is 1.52. The minimum atomic E-state index is -0.777. The number of nitrogens with zero attached hydrogens (tertiary/aromatic N) is 2. The van der Waals surface area contributed by atoms with Crippen LogP contribution in [0.15, 0.2) is 64.3 Å². The number of furan rings is 1. The van der Waals surface area contributed by atoms with E-state index in [1.165, 1.54) is 7.11 Å². The van der Waals surface area contributed by atoms with Gasteiger partial charge in [-0.3, -0.25) is 9.59 Å². The largest absolute Gasteiger partial charge is 0.503 e. The Morgan fingerprint density at radius 3 is 2.60 bits per heavy atom. The molecule has 0 aliphatic carbocycles. The highest BCUT2D eigenvalue weighted by Crippen LogP contribution is 2.40. The van der Waals surface area contributed by atoms with Gasteiger partial charge < -0.3 is 24.1 Å². The van der Waals surface area contributed by atoms with Crippen molar-refractivity contribution in [3.8, 4) is 5.75 Å². The van der Waals surface area contributed by atoms with E-state index in [1.807, 2.05) is 0 Å². The van der Waals surface area contributed by atoms with Crippen LogP contribution in [0.3, 0.4) is 0 Å². The molecule has 1 N–H and O–H groups in total. The molecule has 1 amide bonds. The van der Waals surface area contributed by atoms with Crippen LogP contribution in [0, 0.1) is 0 Å². The number of hydrogen-bond donors (Lipinski definition) is 1. The summed E-state index contributed by atoms with van der Waals surface area (Å²) in [5.74, 6) is -1.17. The summed E-state index contributed by atoms with van der Waals surface area (Å²) in [6.07, 6.45) is 0.696. The highest BCUT2D eigenvalue weighted by Gasteiger charge is 2.44. The molecule has 35 heavy (non-hydrogen) atoms. The zero-order valence-corrected chi connectivity index (χ0v) is 20.8. The zero-order valence-electron chi connectivity index (χ0n) is 20.1. The lowest BCUT2D eigenvalue weighted by Crippen LogP contribution is -2.34. The molecule has 8 heteroatoms. The molecular formula is C27H29ClN2O5. The van der Waals surface area contributed by atoms with Crippen molar-refractivity contribution >= 4 is 34.3 Å². The Morgan fingerprint density at radius 2 is 1.91 bits per heavy atom. The van der Waals surface area contributed by atoms with Crippen molar-refractivity contribution in [3.05, 3.63) is 76.2 Å². The molecule has 1 aliphatic heterocycles. The lowest BCUT2D eigenvalue weighted by molar-refractivity contribution is -0.129. The topological polar surface area (TPSA) is 83.2 Å². The van der Waals surface area contributed by atoms with E-state index in [9.17, 15) is 14.7 Å². The Labute approximate surface area is 209 Å². The van der Waals surface area contributed by atoms with Gasteiger partial charge in [0.1, 0.15) is 0 Å². The van der Waals surface area contributed by atoms with Crippen molar-refractivity contribution in [1.82, 2.24) is 9.80 Å². The fraction of sp³-hybridized carbons (Fsp3) is 0.333. The first-order valence-corrected chi connectivity index (χ1v) is 12.1. The number of amides is 1. The molecule has 0 saturated carbocycles. The average Bonchev–Trinajstić information content (AvgIpc) is 3.41. The third-order valence-electron chi connectivity index (χ3n) is 6.43. The van der Waals surface area contributed by atoms with Gasteiger partial charge >= 0.3 is 0 Å². The molecule has 1 aromatic heterocycles. The second kappa shape index (κ2) is 10.5. The third-order valence-corrected chi connectivity index (χ3v) is 6.67. The van der Waals surface area contributed by atoms with Crippen LogP contribution in [0.5, 0.6) is 5.75 Å². The molecule has 2 aromatic carbocycles. The number of para-hydroxylation sites is 1. The smallest absolute Gasteiger partial charge is 0.290 e. The quantitative estimate of drug-likeness (QED) is 0.378. The molecule has 4 rings (SSSR count). The molecule has 1 aliphatic rings. The van der Waals surface area contributed by atoms with Crippen molar-refractivity contribution in [2.75, 3.05) is 33.3 Å². The first-order chi connectivity index (χ1) is 16.9. The fourth-order valence-corrected chi connectivity index (χ4v) is 4.78. The summed E-state index contributed by atoms with van der Waals surface area (Å²) in [6, 6.07) is 13.2. The Bertz CT molecular complexity index is 1280. The number of carbonyl (C=O) groups is 2. The first-order valence-electron chi connectivity index (χ1n) is 11.7. The molecule has 0 bridgehead atoms. The van der Waals surface area contributed by atoms with E-state index in [0.29, 0.717) is 40.3 Å². The summed E-state index contributed by atoms with van der Waals surface area (Å²) in [4.78, 5) is 30.7. The maximum Gasteiger partial charge on any atom is 0.290 e. The number of fused-ring (bicyclic) bond motifs is 1. The van der Waals surface area contributed by atoms with Crippen LogP contribution in [0.2, 0.25) is 5.02 Å². The van der Waals surface area contributed by atoms with Gasteiger partial charge in [-0.15, -0.1) is 0 Å². The van der Waals surface area contributed by atoms with Gasteiger partial charge in [0, 0.05) is 17.0 Å². The van der Waals surface area contributed by atoms with Crippen molar-refractivity contribution in [2.24, 2.45) is 0 Å². The third kappa shape index (κ3) is 4.79. The van der Waals surface area contributed by atoms with Crippen molar-refractivity contribution in [2.45, 2.75) is 26.3 Å². The van der Waals surface area contributed by atoms with E-state index in [2.05, 4.69) is 18.7 Å². The summed E-state index contributed by atoms with van der Waals surface area (Å²) >= 11 is 6.25. The fourth-order valence-electron chi connectivity index (χ4n) is 4.59. The van der Waals surface area contributed by atoms with Gasteiger partial charge in [0.25, 0.3) is 5.91 Å². The van der Waals surface area contributed by atoms with Crippen LogP contribution in [0.4, 0.5) is 0 Å². The van der Waals surface area contributed by atoms with Crippen LogP contribution in [-0.2, 0) is 4.79 Å². The molecule has 3 aromatic rings. The van der Waals surface area contributed by atoms with Crippen LogP contribution in [0.25, 0.3) is 11.0 Å². The molecule has 0 fully saturated rings. The van der Waals surface area contributed by atoms with Gasteiger partial charge in [-0.2, -0.15) is 0 Å². The second-order valence-electron chi connectivity index (χ2n) is 8.42. The van der Waals surface area contributed by atoms with E-state index in [-0.39, 0.29) is 11.3 Å². The monoisotopic (exact) mass is 496 g/mol. The van der Waals surface area contributed by atoms with Gasteiger partial charge in [0.05, 0.1) is 18.7 Å². The van der Waals surface area contributed by atoms with E-state index >= 15 is 0 Å². The van der Waals surface area contributed by atoms with Crippen LogP contribution in [0.1, 0.15) is 42.4 Å².